The van der Waals surface area contributed by atoms with E-state index in [1.807, 2.05) is 6.92 Å². The van der Waals surface area contributed by atoms with Crippen LogP contribution in [0.3, 0.4) is 0 Å². The zero-order valence-corrected chi connectivity index (χ0v) is 23.7. The molecule has 12 heteroatoms. The number of nitrogens with one attached hydrogen (secondary N) is 2. The van der Waals surface area contributed by atoms with Crippen LogP contribution in [0.25, 0.3) is 21.9 Å². The van der Waals surface area contributed by atoms with Crippen LogP contribution in [0.15, 0.2) is 70.8 Å². The number of hydrogen-bond acceptors (Lipinski definition) is 8. The number of nitrogens with zero attached hydrogens (tertiary/aromatic N) is 2. The third-order valence-corrected chi connectivity index (χ3v) is 9.08. The lowest BCUT2D eigenvalue weighted by Crippen LogP contribution is -2.12. The van der Waals surface area contributed by atoms with Gasteiger partial charge in [0.1, 0.15) is 28.0 Å². The summed E-state index contributed by atoms with van der Waals surface area (Å²) < 4.78 is 65.8. The molecule has 3 aromatic carbocycles. The molecule has 208 valence electrons. The van der Waals surface area contributed by atoms with E-state index < -0.39 is 31.6 Å². The molecule has 0 bridgehead atoms. The molecule has 2 N–H and O–H groups in total. The van der Waals surface area contributed by atoms with Gasteiger partial charge in [0.05, 0.1) is 53.1 Å². The molecular formula is C28H27FN4O5S2. The number of H-pyrrole nitrogens is 1. The van der Waals surface area contributed by atoms with Crippen LogP contribution < -0.4 is 14.8 Å². The third kappa shape index (κ3) is 5.50. The minimum Gasteiger partial charge on any atom is -0.497 e. The van der Waals surface area contributed by atoms with Crippen molar-refractivity contribution >= 4 is 48.3 Å². The number of aromatic amines is 1. The van der Waals surface area contributed by atoms with Crippen LogP contribution in [0.1, 0.15) is 18.1 Å². The van der Waals surface area contributed by atoms with Crippen molar-refractivity contribution in [1.82, 2.24) is 15.0 Å². The molecule has 40 heavy (non-hydrogen) atoms. The number of anilines is 1. The number of sulfone groups is 1. The van der Waals surface area contributed by atoms with Gasteiger partial charge in [0, 0.05) is 11.9 Å². The van der Waals surface area contributed by atoms with Crippen LogP contribution in [-0.4, -0.2) is 48.3 Å². The number of ether oxygens (including phenoxy) is 2. The maximum Gasteiger partial charge on any atom is 0.250 e. The first-order chi connectivity index (χ1) is 19.2. The summed E-state index contributed by atoms with van der Waals surface area (Å²) in [7, 11) is -2.78. The third-order valence-electron chi connectivity index (χ3n) is 6.30. The smallest absolute Gasteiger partial charge is 0.250 e. The number of halogens is 1. The molecule has 1 unspecified atom stereocenters. The first kappa shape index (κ1) is 27.5. The topological polar surface area (TPSA) is 123 Å². The van der Waals surface area contributed by atoms with Gasteiger partial charge in [0.25, 0.3) is 5.16 Å². The van der Waals surface area contributed by atoms with E-state index in [0.717, 1.165) is 5.56 Å². The molecule has 0 spiro atoms. The fraction of sp³-hybridized carbons (Fsp3) is 0.214. The number of aromatic nitrogens is 3. The van der Waals surface area contributed by atoms with Crippen molar-refractivity contribution in [2.75, 3.05) is 26.1 Å². The van der Waals surface area contributed by atoms with Gasteiger partial charge in [-0.15, -0.1) is 0 Å². The van der Waals surface area contributed by atoms with Gasteiger partial charge in [-0.05, 0) is 54.4 Å². The SMILES string of the molecule is CCNc1cc(F)cc2c1[nH]c1nc(S(=O)(=O)Cc3ccc(OC)cc3)nc(S(=O)Cc3ccc(OC)cc3)c12. The molecule has 9 nitrogen and oxygen atoms in total. The molecule has 0 saturated heterocycles. The van der Waals surface area contributed by atoms with Gasteiger partial charge in [-0.1, -0.05) is 24.3 Å². The zero-order chi connectivity index (χ0) is 28.4. The van der Waals surface area contributed by atoms with E-state index in [1.165, 1.54) is 19.2 Å². The van der Waals surface area contributed by atoms with Crippen molar-refractivity contribution in [3.63, 3.8) is 0 Å². The van der Waals surface area contributed by atoms with Crippen LogP contribution in [0.5, 0.6) is 11.5 Å². The highest BCUT2D eigenvalue weighted by molar-refractivity contribution is 7.90. The lowest BCUT2D eigenvalue weighted by atomic mass is 10.2. The Bertz CT molecular complexity index is 1820. The van der Waals surface area contributed by atoms with Gasteiger partial charge in [0.2, 0.25) is 9.84 Å². The van der Waals surface area contributed by atoms with Crippen LogP contribution in [0.4, 0.5) is 10.1 Å². The summed E-state index contributed by atoms with van der Waals surface area (Å²) in [4.78, 5) is 11.8. The van der Waals surface area contributed by atoms with E-state index >= 15 is 0 Å². The minimum absolute atomic E-state index is 0.00780. The quantitative estimate of drug-likeness (QED) is 0.175. The molecule has 2 heterocycles. The molecule has 0 saturated carbocycles. The van der Waals surface area contributed by atoms with Gasteiger partial charge >= 0.3 is 0 Å². The molecule has 0 amide bonds. The van der Waals surface area contributed by atoms with Crippen molar-refractivity contribution in [3.05, 3.63) is 77.6 Å². The van der Waals surface area contributed by atoms with Gasteiger partial charge in [-0.3, -0.25) is 4.21 Å². The molecule has 5 rings (SSSR count). The lowest BCUT2D eigenvalue weighted by Gasteiger charge is -2.09. The zero-order valence-electron chi connectivity index (χ0n) is 22.0. The van der Waals surface area contributed by atoms with Crippen molar-refractivity contribution in [2.45, 2.75) is 28.6 Å². The highest BCUT2D eigenvalue weighted by atomic mass is 32.2. The van der Waals surface area contributed by atoms with Gasteiger partial charge in [0.15, 0.2) is 0 Å². The van der Waals surface area contributed by atoms with Crippen molar-refractivity contribution in [2.24, 2.45) is 0 Å². The molecule has 5 aromatic rings. The second-order valence-corrected chi connectivity index (χ2v) is 12.3. The van der Waals surface area contributed by atoms with Crippen LogP contribution in [-0.2, 0) is 32.1 Å². The molecule has 0 radical (unpaired) electrons. The largest absolute Gasteiger partial charge is 0.497 e. The second kappa shape index (κ2) is 11.2. The van der Waals surface area contributed by atoms with Crippen molar-refractivity contribution < 1.29 is 26.5 Å². The first-order valence-electron chi connectivity index (χ1n) is 12.4. The molecule has 0 aliphatic rings. The molecule has 0 fully saturated rings. The van der Waals surface area contributed by atoms with E-state index in [4.69, 9.17) is 9.47 Å². The average Bonchev–Trinajstić information content (AvgIpc) is 3.32. The van der Waals surface area contributed by atoms with Crippen LogP contribution >= 0.6 is 0 Å². The Morgan fingerprint density at radius 3 is 2.17 bits per heavy atom. The fourth-order valence-corrected chi connectivity index (χ4v) is 6.93. The van der Waals surface area contributed by atoms with Gasteiger partial charge < -0.3 is 19.8 Å². The average molecular weight is 583 g/mol. The monoisotopic (exact) mass is 582 g/mol. The standard InChI is InChI=1S/C28H27FN4O5S2/c1-4-30-23-14-19(29)13-22-24-26(31-25(22)23)32-28(40(35,36)16-18-7-11-21(38-3)12-8-18)33-27(24)39(34)15-17-5-9-20(37-2)10-6-17/h5-14,30H,4,15-16H2,1-3H3,(H,31,32,33). The lowest BCUT2D eigenvalue weighted by molar-refractivity contribution is 0.414. The second-order valence-electron chi connectivity index (χ2n) is 9.01. The Hall–Kier alpha value is -4.03. The van der Waals surface area contributed by atoms with E-state index in [-0.39, 0.29) is 22.2 Å². The summed E-state index contributed by atoms with van der Waals surface area (Å²) in [5, 5.41) is 3.36. The van der Waals surface area contributed by atoms with Crippen LogP contribution in [0, 0.1) is 5.82 Å². The highest BCUT2D eigenvalue weighted by Gasteiger charge is 2.26. The molecule has 2 aromatic heterocycles. The number of fused-ring (bicyclic) bond motifs is 3. The number of methoxy groups -OCH3 is 2. The summed E-state index contributed by atoms with van der Waals surface area (Å²) in [6, 6.07) is 16.3. The molecule has 1 atom stereocenters. The Morgan fingerprint density at radius 1 is 0.950 bits per heavy atom. The Balaban J connectivity index is 1.66. The van der Waals surface area contributed by atoms with E-state index in [2.05, 4.69) is 20.3 Å². The maximum atomic E-state index is 14.7. The summed E-state index contributed by atoms with van der Waals surface area (Å²) in [6.07, 6.45) is 0. The highest BCUT2D eigenvalue weighted by Crippen LogP contribution is 2.35. The van der Waals surface area contributed by atoms with Crippen LogP contribution in [0.2, 0.25) is 0 Å². The summed E-state index contributed by atoms with van der Waals surface area (Å²) in [6.45, 7) is 2.40. The van der Waals surface area contributed by atoms with Crippen molar-refractivity contribution in [1.29, 1.82) is 0 Å². The predicted molar refractivity (Wildman–Crippen MR) is 153 cm³/mol. The summed E-state index contributed by atoms with van der Waals surface area (Å²) in [5.41, 5.74) is 2.39. The normalized spacial score (nSPS) is 12.5. The number of rotatable bonds is 10. The number of hydrogen-bond donors (Lipinski definition) is 2. The number of benzene rings is 3. The van der Waals surface area contributed by atoms with Gasteiger partial charge in [-0.2, -0.15) is 0 Å². The Morgan fingerprint density at radius 2 is 1.57 bits per heavy atom. The molecule has 0 aliphatic carbocycles. The van der Waals surface area contributed by atoms with E-state index in [0.29, 0.717) is 45.6 Å². The predicted octanol–water partition coefficient (Wildman–Crippen LogP) is 4.98. The minimum atomic E-state index is -4.05. The molecular weight excluding hydrogens is 555 g/mol. The fourth-order valence-electron chi connectivity index (χ4n) is 4.39. The molecule has 0 aliphatic heterocycles. The Labute approximate surface area is 233 Å². The van der Waals surface area contributed by atoms with Crippen molar-refractivity contribution in [3.8, 4) is 11.5 Å². The maximum absolute atomic E-state index is 14.7. The Kier molecular flexibility index (Phi) is 7.72. The summed E-state index contributed by atoms with van der Waals surface area (Å²) >= 11 is 0. The first-order valence-corrected chi connectivity index (χ1v) is 15.3. The van der Waals surface area contributed by atoms with E-state index in [9.17, 15) is 17.0 Å². The van der Waals surface area contributed by atoms with Gasteiger partial charge in [-0.25, -0.2) is 22.8 Å². The van der Waals surface area contributed by atoms with E-state index in [1.54, 1.807) is 55.6 Å². The summed E-state index contributed by atoms with van der Waals surface area (Å²) in [5.74, 6) is 0.416.